The molecule has 1 aliphatic rings. The van der Waals surface area contributed by atoms with Crippen LogP contribution < -0.4 is 9.64 Å². The minimum Gasteiger partial charge on any atom is -0.495 e. The molecule has 1 saturated heterocycles. The van der Waals surface area contributed by atoms with Crippen molar-refractivity contribution >= 4 is 17.3 Å². The summed E-state index contributed by atoms with van der Waals surface area (Å²) in [5.41, 5.74) is 1.03. The number of benzene rings is 1. The van der Waals surface area contributed by atoms with Crippen molar-refractivity contribution in [1.82, 2.24) is 0 Å². The zero-order chi connectivity index (χ0) is 10.7. The second-order valence-corrected chi connectivity index (χ2v) is 3.77. The van der Waals surface area contributed by atoms with Crippen LogP contribution in [0.5, 0.6) is 5.75 Å². The number of hydrogen-bond donors (Lipinski definition) is 0. The van der Waals surface area contributed by atoms with Gasteiger partial charge in [-0.3, -0.25) is 0 Å². The van der Waals surface area contributed by atoms with Crippen LogP contribution in [0.4, 0.5) is 5.69 Å². The predicted molar refractivity (Wildman–Crippen MR) is 61.0 cm³/mol. The summed E-state index contributed by atoms with van der Waals surface area (Å²) in [4.78, 5) is 2.22. The maximum atomic E-state index is 6.23. The van der Waals surface area contributed by atoms with Gasteiger partial charge in [-0.2, -0.15) is 0 Å². The summed E-state index contributed by atoms with van der Waals surface area (Å²) in [6.07, 6.45) is 0. The number of hydrogen-bond acceptors (Lipinski definition) is 3. The summed E-state index contributed by atoms with van der Waals surface area (Å²) >= 11 is 6.23. The molecule has 82 valence electrons. The van der Waals surface area contributed by atoms with Crippen LogP contribution in [0.25, 0.3) is 0 Å². The molecule has 1 heterocycles. The maximum absolute atomic E-state index is 6.23. The van der Waals surface area contributed by atoms with E-state index in [1.54, 1.807) is 7.11 Å². The number of anilines is 1. The molecule has 15 heavy (non-hydrogen) atoms. The lowest BCUT2D eigenvalue weighted by Crippen LogP contribution is -2.36. The molecular formula is C11H14ClNO2. The number of ether oxygens (including phenoxy) is 2. The highest BCUT2D eigenvalue weighted by Crippen LogP contribution is 2.34. The fourth-order valence-corrected chi connectivity index (χ4v) is 2.03. The highest BCUT2D eigenvalue weighted by molar-refractivity contribution is 6.34. The lowest BCUT2D eigenvalue weighted by Gasteiger charge is -2.29. The van der Waals surface area contributed by atoms with Gasteiger partial charge in [0.1, 0.15) is 10.8 Å². The molecule has 0 aromatic heterocycles. The van der Waals surface area contributed by atoms with Crippen molar-refractivity contribution < 1.29 is 9.47 Å². The first-order chi connectivity index (χ1) is 7.33. The molecular weight excluding hydrogens is 214 g/mol. The monoisotopic (exact) mass is 227 g/mol. The first-order valence-electron chi connectivity index (χ1n) is 4.98. The number of nitrogens with zero attached hydrogens (tertiary/aromatic N) is 1. The molecule has 0 radical (unpaired) electrons. The molecule has 1 aliphatic heterocycles. The molecule has 4 heteroatoms. The Labute approximate surface area is 94.5 Å². The first-order valence-corrected chi connectivity index (χ1v) is 5.36. The average Bonchev–Trinajstić information content (AvgIpc) is 2.30. The van der Waals surface area contributed by atoms with Crippen molar-refractivity contribution in [2.45, 2.75) is 0 Å². The third-order valence-corrected chi connectivity index (χ3v) is 2.89. The fourth-order valence-electron chi connectivity index (χ4n) is 1.71. The largest absolute Gasteiger partial charge is 0.495 e. The molecule has 0 atom stereocenters. The van der Waals surface area contributed by atoms with E-state index in [-0.39, 0.29) is 0 Å². The standard InChI is InChI=1S/C11H14ClNO2/c1-14-10-4-2-3-9(11(10)12)13-5-7-15-8-6-13/h2-4H,5-8H2,1H3. The smallest absolute Gasteiger partial charge is 0.139 e. The highest BCUT2D eigenvalue weighted by atomic mass is 35.5. The van der Waals surface area contributed by atoms with Crippen LogP contribution in [-0.4, -0.2) is 33.4 Å². The molecule has 1 fully saturated rings. The van der Waals surface area contributed by atoms with Gasteiger partial charge in [0.2, 0.25) is 0 Å². The topological polar surface area (TPSA) is 21.7 Å². The van der Waals surface area contributed by atoms with E-state index in [4.69, 9.17) is 21.1 Å². The lowest BCUT2D eigenvalue weighted by molar-refractivity contribution is 0.122. The molecule has 2 rings (SSSR count). The van der Waals surface area contributed by atoms with Gasteiger partial charge in [-0.1, -0.05) is 17.7 Å². The van der Waals surface area contributed by atoms with Gasteiger partial charge < -0.3 is 14.4 Å². The summed E-state index contributed by atoms with van der Waals surface area (Å²) in [6.45, 7) is 3.28. The average molecular weight is 228 g/mol. The predicted octanol–water partition coefficient (Wildman–Crippen LogP) is 2.19. The zero-order valence-corrected chi connectivity index (χ0v) is 9.46. The molecule has 0 bridgehead atoms. The van der Waals surface area contributed by atoms with Crippen molar-refractivity contribution in [2.24, 2.45) is 0 Å². The van der Waals surface area contributed by atoms with Crippen molar-refractivity contribution in [3.8, 4) is 5.75 Å². The Kier molecular flexibility index (Phi) is 3.34. The van der Waals surface area contributed by atoms with E-state index in [2.05, 4.69) is 4.90 Å². The van der Waals surface area contributed by atoms with Crippen LogP contribution >= 0.6 is 11.6 Å². The number of methoxy groups -OCH3 is 1. The summed E-state index contributed by atoms with van der Waals surface area (Å²) < 4.78 is 10.5. The number of rotatable bonds is 2. The zero-order valence-electron chi connectivity index (χ0n) is 8.70. The Balaban J connectivity index is 2.26. The first kappa shape index (κ1) is 10.6. The van der Waals surface area contributed by atoms with Gasteiger partial charge in [0, 0.05) is 13.1 Å². The van der Waals surface area contributed by atoms with Crippen molar-refractivity contribution in [3.63, 3.8) is 0 Å². The van der Waals surface area contributed by atoms with E-state index >= 15 is 0 Å². The Morgan fingerprint density at radius 1 is 1.33 bits per heavy atom. The lowest BCUT2D eigenvalue weighted by atomic mass is 10.2. The van der Waals surface area contributed by atoms with Crippen LogP contribution in [-0.2, 0) is 4.74 Å². The van der Waals surface area contributed by atoms with E-state index in [0.717, 1.165) is 37.7 Å². The minimum atomic E-state index is 0.682. The van der Waals surface area contributed by atoms with Gasteiger partial charge >= 0.3 is 0 Å². The molecule has 3 nitrogen and oxygen atoms in total. The van der Waals surface area contributed by atoms with E-state index in [1.165, 1.54) is 0 Å². The summed E-state index contributed by atoms with van der Waals surface area (Å²) in [6, 6.07) is 5.83. The molecule has 0 unspecified atom stereocenters. The van der Waals surface area contributed by atoms with Crippen LogP contribution in [0.2, 0.25) is 5.02 Å². The molecule has 1 aromatic rings. The fraction of sp³-hybridized carbons (Fsp3) is 0.455. The van der Waals surface area contributed by atoms with Gasteiger partial charge in [0.25, 0.3) is 0 Å². The number of halogens is 1. The maximum Gasteiger partial charge on any atom is 0.139 e. The van der Waals surface area contributed by atoms with Gasteiger partial charge in [0.05, 0.1) is 26.0 Å². The summed E-state index contributed by atoms with van der Waals surface area (Å²) in [5, 5.41) is 0.682. The highest BCUT2D eigenvalue weighted by Gasteiger charge is 2.15. The SMILES string of the molecule is COc1cccc(N2CCOCC2)c1Cl. The van der Waals surface area contributed by atoms with E-state index in [1.807, 2.05) is 18.2 Å². The van der Waals surface area contributed by atoms with Crippen LogP contribution in [0.15, 0.2) is 18.2 Å². The Hall–Kier alpha value is -0.930. The molecule has 1 aromatic carbocycles. The molecule has 0 N–H and O–H groups in total. The Bertz CT molecular complexity index is 337. The van der Waals surface area contributed by atoms with Gasteiger partial charge in [0.15, 0.2) is 0 Å². The quantitative estimate of drug-likeness (QED) is 0.773. The van der Waals surface area contributed by atoms with Crippen molar-refractivity contribution in [1.29, 1.82) is 0 Å². The van der Waals surface area contributed by atoms with Crippen LogP contribution in [0, 0.1) is 0 Å². The number of morpholine rings is 1. The van der Waals surface area contributed by atoms with Crippen molar-refractivity contribution in [2.75, 3.05) is 38.3 Å². The molecule has 0 saturated carbocycles. The second kappa shape index (κ2) is 4.73. The second-order valence-electron chi connectivity index (χ2n) is 3.39. The summed E-state index contributed by atoms with van der Waals surface area (Å²) in [7, 11) is 1.63. The minimum absolute atomic E-state index is 0.682. The van der Waals surface area contributed by atoms with E-state index < -0.39 is 0 Å². The van der Waals surface area contributed by atoms with Gasteiger partial charge in [-0.15, -0.1) is 0 Å². The van der Waals surface area contributed by atoms with Gasteiger partial charge in [-0.25, -0.2) is 0 Å². The molecule has 0 amide bonds. The van der Waals surface area contributed by atoms with E-state index in [0.29, 0.717) is 5.02 Å². The van der Waals surface area contributed by atoms with Crippen LogP contribution in [0.1, 0.15) is 0 Å². The normalized spacial score (nSPS) is 16.5. The third kappa shape index (κ3) is 2.19. The van der Waals surface area contributed by atoms with Gasteiger partial charge in [-0.05, 0) is 12.1 Å². The van der Waals surface area contributed by atoms with E-state index in [9.17, 15) is 0 Å². The Morgan fingerprint density at radius 2 is 2.07 bits per heavy atom. The third-order valence-electron chi connectivity index (χ3n) is 2.51. The van der Waals surface area contributed by atoms with Crippen molar-refractivity contribution in [3.05, 3.63) is 23.2 Å². The Morgan fingerprint density at radius 3 is 2.73 bits per heavy atom. The van der Waals surface area contributed by atoms with Crippen LogP contribution in [0.3, 0.4) is 0 Å². The molecule has 0 spiro atoms. The summed E-state index contributed by atoms with van der Waals surface area (Å²) in [5.74, 6) is 0.723. The molecule has 0 aliphatic carbocycles.